The summed E-state index contributed by atoms with van der Waals surface area (Å²) in [4.78, 5) is 0. The molecular weight excluding hydrogens is 501 g/mol. The molecule has 0 saturated carbocycles. The predicted molar refractivity (Wildman–Crippen MR) is 125 cm³/mol. The van der Waals surface area contributed by atoms with Crippen LogP contribution >= 0.6 is 11.8 Å². The number of methoxy groups -OCH3 is 2. The third kappa shape index (κ3) is 5.46. The second-order valence-electron chi connectivity index (χ2n) is 7.64. The van der Waals surface area contributed by atoms with Gasteiger partial charge in [-0.15, -0.1) is 10.2 Å². The van der Waals surface area contributed by atoms with Crippen molar-refractivity contribution in [3.8, 4) is 17.2 Å². The number of benzene rings is 3. The Labute approximate surface area is 207 Å². The lowest BCUT2D eigenvalue weighted by molar-refractivity contribution is -0.140. The number of nitrogens with zero attached hydrogens (tertiary/aromatic N) is 3. The van der Waals surface area contributed by atoms with Crippen molar-refractivity contribution in [1.29, 1.82) is 0 Å². The van der Waals surface area contributed by atoms with Crippen LogP contribution in [0, 0.1) is 11.6 Å². The zero-order chi connectivity index (χ0) is 25.9. The van der Waals surface area contributed by atoms with Gasteiger partial charge in [0.25, 0.3) is 0 Å². The fourth-order valence-electron chi connectivity index (χ4n) is 3.58. The lowest BCUT2D eigenvalue weighted by Crippen LogP contribution is -2.09. The van der Waals surface area contributed by atoms with Gasteiger partial charge in [-0.3, -0.25) is 4.57 Å². The van der Waals surface area contributed by atoms with Gasteiger partial charge in [0, 0.05) is 17.9 Å². The Morgan fingerprint density at radius 1 is 0.889 bits per heavy atom. The second-order valence-corrected chi connectivity index (χ2v) is 8.58. The van der Waals surface area contributed by atoms with Gasteiger partial charge < -0.3 is 9.47 Å². The van der Waals surface area contributed by atoms with Gasteiger partial charge in [0.15, 0.2) is 16.7 Å². The van der Waals surface area contributed by atoms with Crippen LogP contribution in [0.25, 0.3) is 5.69 Å². The molecule has 0 fully saturated rings. The number of rotatable bonds is 8. The molecule has 1 heterocycles. The van der Waals surface area contributed by atoms with Crippen molar-refractivity contribution < 1.29 is 31.4 Å². The summed E-state index contributed by atoms with van der Waals surface area (Å²) in [6.45, 7) is 0. The zero-order valence-electron chi connectivity index (χ0n) is 19.1. The van der Waals surface area contributed by atoms with E-state index in [2.05, 4.69) is 10.2 Å². The summed E-state index contributed by atoms with van der Waals surface area (Å²) < 4.78 is 79.7. The summed E-state index contributed by atoms with van der Waals surface area (Å²) in [7, 11) is 3.05. The molecule has 0 radical (unpaired) electrons. The Morgan fingerprint density at radius 2 is 1.61 bits per heavy atom. The van der Waals surface area contributed by atoms with Crippen LogP contribution in [0.4, 0.5) is 22.0 Å². The molecule has 0 aliphatic rings. The monoisotopic (exact) mass is 521 g/mol. The quantitative estimate of drug-likeness (QED) is 0.197. The fraction of sp³-hybridized carbons (Fsp3) is 0.200. The molecule has 0 bridgehead atoms. The number of hydrogen-bond acceptors (Lipinski definition) is 5. The molecule has 0 saturated heterocycles. The molecule has 0 spiro atoms. The highest BCUT2D eigenvalue weighted by Gasteiger charge is 2.34. The van der Waals surface area contributed by atoms with E-state index >= 15 is 0 Å². The van der Waals surface area contributed by atoms with Crippen molar-refractivity contribution in [3.63, 3.8) is 0 Å². The van der Waals surface area contributed by atoms with E-state index in [1.807, 2.05) is 6.07 Å². The largest absolute Gasteiger partial charge is 0.493 e. The van der Waals surface area contributed by atoms with E-state index in [-0.39, 0.29) is 11.3 Å². The van der Waals surface area contributed by atoms with Crippen LogP contribution in [-0.2, 0) is 18.3 Å². The molecule has 1 aromatic heterocycles. The van der Waals surface area contributed by atoms with Crippen LogP contribution < -0.4 is 9.47 Å². The Hall–Kier alpha value is -3.60. The first kappa shape index (κ1) is 25.5. The predicted octanol–water partition coefficient (Wildman–Crippen LogP) is 6.46. The highest BCUT2D eigenvalue weighted by Crippen LogP contribution is 2.35. The third-order valence-corrected chi connectivity index (χ3v) is 6.31. The lowest BCUT2D eigenvalue weighted by atomic mass is 10.1. The summed E-state index contributed by atoms with van der Waals surface area (Å²) >= 11 is 1.02. The lowest BCUT2D eigenvalue weighted by Gasteiger charge is -2.13. The minimum Gasteiger partial charge on any atom is -0.493 e. The first-order valence-electron chi connectivity index (χ1n) is 10.6. The maximum atomic E-state index is 14.5. The number of aromatic nitrogens is 3. The number of hydrogen-bond donors (Lipinski definition) is 0. The molecule has 0 aliphatic heterocycles. The van der Waals surface area contributed by atoms with Crippen molar-refractivity contribution in [1.82, 2.24) is 14.8 Å². The normalized spacial score (nSPS) is 11.5. The van der Waals surface area contributed by atoms with E-state index in [0.29, 0.717) is 40.7 Å². The van der Waals surface area contributed by atoms with Crippen LogP contribution in [0.15, 0.2) is 65.8 Å². The van der Waals surface area contributed by atoms with E-state index in [0.717, 1.165) is 23.4 Å². The molecule has 188 valence electrons. The molecule has 36 heavy (non-hydrogen) atoms. The van der Waals surface area contributed by atoms with Gasteiger partial charge in [-0.1, -0.05) is 30.0 Å². The molecule has 3 aromatic carbocycles. The molecule has 0 aliphatic carbocycles. The van der Waals surface area contributed by atoms with Crippen LogP contribution in [0.3, 0.4) is 0 Å². The van der Waals surface area contributed by atoms with Crippen LogP contribution in [0.2, 0.25) is 0 Å². The Morgan fingerprint density at radius 3 is 2.28 bits per heavy atom. The van der Waals surface area contributed by atoms with Crippen molar-refractivity contribution in [2.24, 2.45) is 0 Å². The minimum absolute atomic E-state index is 0.120. The van der Waals surface area contributed by atoms with Crippen LogP contribution in [0.5, 0.6) is 11.5 Å². The van der Waals surface area contributed by atoms with Gasteiger partial charge in [0.05, 0.1) is 19.8 Å². The summed E-state index contributed by atoms with van der Waals surface area (Å²) in [5, 5.41) is 8.75. The van der Waals surface area contributed by atoms with Gasteiger partial charge in [-0.25, -0.2) is 8.78 Å². The molecule has 4 aromatic rings. The highest BCUT2D eigenvalue weighted by atomic mass is 32.2. The number of ether oxygens (including phenoxy) is 2. The summed E-state index contributed by atoms with van der Waals surface area (Å²) in [5.74, 6) is -0.311. The summed E-state index contributed by atoms with van der Waals surface area (Å²) in [6, 6.07) is 14.1. The molecule has 0 atom stereocenters. The van der Waals surface area contributed by atoms with Crippen LogP contribution in [0.1, 0.15) is 22.5 Å². The first-order chi connectivity index (χ1) is 17.2. The molecule has 11 heteroatoms. The Bertz CT molecular complexity index is 1360. The van der Waals surface area contributed by atoms with Crippen LogP contribution in [-0.4, -0.2) is 29.0 Å². The van der Waals surface area contributed by atoms with E-state index in [1.165, 1.54) is 44.6 Å². The number of alkyl halides is 3. The van der Waals surface area contributed by atoms with Crippen molar-refractivity contribution in [2.75, 3.05) is 14.2 Å². The maximum absolute atomic E-state index is 14.5. The summed E-state index contributed by atoms with van der Waals surface area (Å²) in [6.07, 6.45) is -4.49. The van der Waals surface area contributed by atoms with E-state index in [1.54, 1.807) is 16.7 Å². The Balaban J connectivity index is 1.68. The maximum Gasteiger partial charge on any atom is 0.419 e. The van der Waals surface area contributed by atoms with Crippen molar-refractivity contribution in [3.05, 3.63) is 94.8 Å². The standard InChI is InChI=1S/C25H20F5N3O2S/c1-34-20-11-6-15(12-21(20)35-2)13-22-31-32-24(33(22)18-9-7-17(26)8-10-18)36-14-16-4-3-5-19(23(16)27)25(28,29)30/h3-12H,13-14H2,1-2H3. The topological polar surface area (TPSA) is 49.2 Å². The molecule has 4 rings (SSSR count). The third-order valence-electron chi connectivity index (χ3n) is 5.34. The average molecular weight is 522 g/mol. The van der Waals surface area contributed by atoms with E-state index < -0.39 is 23.4 Å². The van der Waals surface area contributed by atoms with Crippen molar-refractivity contribution in [2.45, 2.75) is 23.5 Å². The zero-order valence-corrected chi connectivity index (χ0v) is 20.0. The number of halogens is 5. The minimum atomic E-state index is -4.80. The molecular formula is C25H20F5N3O2S. The Kier molecular flexibility index (Phi) is 7.48. The van der Waals surface area contributed by atoms with Gasteiger partial charge in [0.2, 0.25) is 0 Å². The number of thioether (sulfide) groups is 1. The highest BCUT2D eigenvalue weighted by molar-refractivity contribution is 7.98. The van der Waals surface area contributed by atoms with Gasteiger partial charge >= 0.3 is 6.18 Å². The van der Waals surface area contributed by atoms with Gasteiger partial charge in [-0.05, 0) is 53.6 Å². The van der Waals surface area contributed by atoms with Gasteiger partial charge in [0.1, 0.15) is 17.5 Å². The molecule has 0 N–H and O–H groups in total. The smallest absolute Gasteiger partial charge is 0.419 e. The van der Waals surface area contributed by atoms with Gasteiger partial charge in [-0.2, -0.15) is 13.2 Å². The average Bonchev–Trinajstić information content (AvgIpc) is 3.25. The molecule has 0 unspecified atom stereocenters. The summed E-state index contributed by atoms with van der Waals surface area (Å²) in [5.41, 5.74) is -0.0764. The molecule has 5 nitrogen and oxygen atoms in total. The molecule has 0 amide bonds. The first-order valence-corrected chi connectivity index (χ1v) is 11.6. The SMILES string of the molecule is COc1ccc(Cc2nnc(SCc3cccc(C(F)(F)F)c3F)n2-c2ccc(F)cc2)cc1OC. The van der Waals surface area contributed by atoms with E-state index in [4.69, 9.17) is 9.47 Å². The van der Waals surface area contributed by atoms with E-state index in [9.17, 15) is 22.0 Å². The van der Waals surface area contributed by atoms with Crippen molar-refractivity contribution >= 4 is 11.8 Å². The fourth-order valence-corrected chi connectivity index (χ4v) is 4.53. The second kappa shape index (κ2) is 10.6.